The first kappa shape index (κ1) is 68.1. The van der Waals surface area contributed by atoms with E-state index in [1.165, 1.54) is 6.92 Å². The number of aliphatic hydroxyl groups is 20. The molecule has 0 bridgehead atoms. The van der Waals surface area contributed by atoms with E-state index in [9.17, 15) is 112 Å². The third-order valence-corrected chi connectivity index (χ3v) is 15.3. The van der Waals surface area contributed by atoms with E-state index in [-0.39, 0.29) is 0 Å². The number of rotatable bonds is 20. The van der Waals surface area contributed by atoms with Gasteiger partial charge in [-0.3, -0.25) is 9.59 Å². The lowest BCUT2D eigenvalue weighted by Crippen LogP contribution is -2.71. The number of ether oxygens (including phenoxy) is 13. The van der Waals surface area contributed by atoms with Crippen molar-refractivity contribution in [1.82, 2.24) is 10.6 Å². The molecule has 83 heavy (non-hydrogen) atoms. The van der Waals surface area contributed by atoms with Gasteiger partial charge in [-0.2, -0.15) is 0 Å². The third-order valence-electron chi connectivity index (χ3n) is 15.3. The van der Waals surface area contributed by atoms with Crippen molar-refractivity contribution in [3.8, 4) is 0 Å². The fourth-order valence-corrected chi connectivity index (χ4v) is 10.7. The van der Waals surface area contributed by atoms with E-state index in [4.69, 9.17) is 61.6 Å². The zero-order valence-corrected chi connectivity index (χ0v) is 44.5. The number of nitrogens with one attached hydrogen (secondary N) is 2. The Bertz CT molecular complexity index is 2040. The summed E-state index contributed by atoms with van der Waals surface area (Å²) < 4.78 is 75.7. The minimum absolute atomic E-state index is 0.814. The van der Waals surface area contributed by atoms with Gasteiger partial charge >= 0.3 is 0 Å². The normalized spacial score (nSPS) is 50.8. The van der Waals surface area contributed by atoms with E-state index in [0.29, 0.717) is 0 Å². The molecule has 0 aromatic carbocycles. The summed E-state index contributed by atoms with van der Waals surface area (Å²) in [6.07, 6.45) is -64.6. The summed E-state index contributed by atoms with van der Waals surface area (Å²) in [5.74, 6) is -1.75. The maximum Gasteiger partial charge on any atom is 0.217 e. The molecule has 0 aromatic heterocycles. The molecule has 0 aromatic rings. The number of hydrogen-bond acceptors (Lipinski definition) is 35. The Kier molecular flexibility index (Phi) is 24.0. The molecule has 7 saturated heterocycles. The van der Waals surface area contributed by atoms with Gasteiger partial charge in [0.15, 0.2) is 44.0 Å². The molecule has 0 aliphatic carbocycles. The van der Waals surface area contributed by atoms with Gasteiger partial charge in [0.1, 0.15) is 165 Å². The van der Waals surface area contributed by atoms with Crippen molar-refractivity contribution < 1.29 is 173 Å². The molecule has 7 heterocycles. The molecule has 0 radical (unpaired) electrons. The molecule has 482 valence electrons. The van der Waals surface area contributed by atoms with Gasteiger partial charge in [0.25, 0.3) is 0 Å². The van der Waals surface area contributed by atoms with Gasteiger partial charge < -0.3 is 174 Å². The summed E-state index contributed by atoms with van der Waals surface area (Å²) in [7, 11) is 0. The highest BCUT2D eigenvalue weighted by molar-refractivity contribution is 5.73. The van der Waals surface area contributed by atoms with Crippen molar-refractivity contribution in [2.24, 2.45) is 0 Å². The Hall–Kier alpha value is -2.38. The van der Waals surface area contributed by atoms with E-state index >= 15 is 0 Å². The van der Waals surface area contributed by atoms with Gasteiger partial charge in [-0.05, 0) is 6.92 Å². The minimum Gasteiger partial charge on any atom is -0.394 e. The van der Waals surface area contributed by atoms with Crippen molar-refractivity contribution in [3.63, 3.8) is 0 Å². The highest BCUT2D eigenvalue weighted by Gasteiger charge is 2.60. The summed E-state index contributed by atoms with van der Waals surface area (Å²) in [6.45, 7) is -2.94. The first-order valence-electron chi connectivity index (χ1n) is 26.5. The van der Waals surface area contributed by atoms with Crippen LogP contribution in [-0.4, -0.2) is 368 Å². The van der Waals surface area contributed by atoms with Crippen LogP contribution in [0.1, 0.15) is 20.8 Å². The topological polar surface area (TPSA) is 583 Å². The summed E-state index contributed by atoms with van der Waals surface area (Å²) in [5, 5.41) is 221. The van der Waals surface area contributed by atoms with Crippen molar-refractivity contribution in [3.05, 3.63) is 0 Å². The maximum absolute atomic E-state index is 13.1. The molecular formula is C46H78N2O35. The zero-order valence-electron chi connectivity index (χ0n) is 44.5. The second-order valence-corrected chi connectivity index (χ2v) is 21.0. The van der Waals surface area contributed by atoms with Gasteiger partial charge in [-0.15, -0.1) is 0 Å². The van der Waals surface area contributed by atoms with Crippen LogP contribution < -0.4 is 10.6 Å². The minimum atomic E-state index is -2.30. The fraction of sp³-hybridized carbons (Fsp3) is 0.957. The van der Waals surface area contributed by atoms with E-state index in [0.717, 1.165) is 13.8 Å². The molecule has 7 rings (SSSR count). The van der Waals surface area contributed by atoms with E-state index < -0.39 is 266 Å². The molecule has 0 unspecified atom stereocenters. The molecule has 0 saturated carbocycles. The van der Waals surface area contributed by atoms with Crippen LogP contribution in [0.25, 0.3) is 0 Å². The van der Waals surface area contributed by atoms with Crippen LogP contribution in [-0.2, 0) is 71.2 Å². The molecule has 2 amide bonds. The molecule has 37 heteroatoms. The Balaban J connectivity index is 1.19. The van der Waals surface area contributed by atoms with Crippen molar-refractivity contribution in [2.75, 3.05) is 39.6 Å². The molecule has 7 aliphatic heterocycles. The zero-order chi connectivity index (χ0) is 61.2. The third kappa shape index (κ3) is 14.5. The van der Waals surface area contributed by atoms with Gasteiger partial charge in [-0.25, -0.2) is 0 Å². The van der Waals surface area contributed by atoms with Crippen LogP contribution >= 0.6 is 0 Å². The van der Waals surface area contributed by atoms with Crippen LogP contribution in [0, 0.1) is 0 Å². The largest absolute Gasteiger partial charge is 0.394 e. The standard InChI is InChI=1S/C46H78N2O35/c1-10-21(57)27(63)31(67)43(71-10)83-39-38(82-41-19(47-11(2)55)26(62)22(58)13(4-49)73-41)25(61)16(7-52)76-46(39)80-36-20(48-12(3)56)42(74-14(5-50)23(36)59)81-37-24(60)15(6-51)75-45(33(37)69)79-35-18(9-54)77-44(32(68)29(35)65)78-34-17(8-53)72-40(70)30(66)28(34)64/h10,13-46,49-54,57-70H,4-9H2,1-3H3,(H,47,55)(H,48,56)/t10-,13+,14+,15+,16+,17+,18+,19+,20+,21+,22-,23+,24-,25-,26+,27+,28+,29+,30+,31-,32+,33+,34+,35-,36+,37-,38-,39+,40+,41+,42-,43-,44-,45-,46-/m0/s1. The Morgan fingerprint density at radius 2 is 0.675 bits per heavy atom. The van der Waals surface area contributed by atoms with E-state index in [1.54, 1.807) is 0 Å². The smallest absolute Gasteiger partial charge is 0.217 e. The van der Waals surface area contributed by atoms with Gasteiger partial charge in [0.05, 0.1) is 45.7 Å². The second kappa shape index (κ2) is 29.3. The van der Waals surface area contributed by atoms with Crippen LogP contribution in [0.4, 0.5) is 0 Å². The highest BCUT2D eigenvalue weighted by atomic mass is 16.8. The summed E-state index contributed by atoms with van der Waals surface area (Å²) in [4.78, 5) is 25.5. The Morgan fingerprint density at radius 1 is 0.313 bits per heavy atom. The van der Waals surface area contributed by atoms with Crippen LogP contribution in [0.2, 0.25) is 0 Å². The number of amides is 2. The summed E-state index contributed by atoms with van der Waals surface area (Å²) in [5.41, 5.74) is 0. The summed E-state index contributed by atoms with van der Waals surface area (Å²) >= 11 is 0. The molecule has 0 spiro atoms. The first-order valence-corrected chi connectivity index (χ1v) is 26.5. The van der Waals surface area contributed by atoms with Gasteiger partial charge in [0, 0.05) is 13.8 Å². The second-order valence-electron chi connectivity index (χ2n) is 21.0. The number of aliphatic hydroxyl groups excluding tert-OH is 20. The molecule has 37 nitrogen and oxygen atoms in total. The average Bonchev–Trinajstić information content (AvgIpc) is 3.66. The molecule has 7 fully saturated rings. The van der Waals surface area contributed by atoms with Crippen LogP contribution in [0.5, 0.6) is 0 Å². The quantitative estimate of drug-likeness (QED) is 0.0538. The Morgan fingerprint density at radius 3 is 1.22 bits per heavy atom. The fourth-order valence-electron chi connectivity index (χ4n) is 10.7. The van der Waals surface area contributed by atoms with Crippen molar-refractivity contribution in [1.29, 1.82) is 0 Å². The van der Waals surface area contributed by atoms with Gasteiger partial charge in [-0.1, -0.05) is 0 Å². The molecule has 35 atom stereocenters. The SMILES string of the molecule is CC(=O)N[C@H]1[C@@H](O[C@H]2[C@@H](O)[C@@H](CO)O[C@@H](O[C@H]3[C@H](O)[C@@H](CO)O[C@@H](O[C@H]4[C@@H](O)[C@@H](CO)O[C@@H](O[C@@H]5[C@H](O)[C@@H](O)[C@H](O[C@H]6[C@H](O)[C@@H](O)[C@H](O)O[C@@H]6CO)O[C@@H]5CO)[C@@H]4O)[C@@H]3NC(C)=O)[C@@H]2O[C@@H]2O[C@@H](C)[C@@H](O)[C@@H](O)[C@@H]2O)O[C@H](CO)[C@H](O)[C@@H]1O. The maximum atomic E-state index is 13.1. The van der Waals surface area contributed by atoms with Crippen LogP contribution in [0.3, 0.4) is 0 Å². The van der Waals surface area contributed by atoms with Crippen molar-refractivity contribution >= 4 is 11.8 Å². The predicted octanol–water partition coefficient (Wildman–Crippen LogP) is -15.0. The van der Waals surface area contributed by atoms with Crippen LogP contribution in [0.15, 0.2) is 0 Å². The number of carbonyl (C=O) groups is 2. The van der Waals surface area contributed by atoms with E-state index in [1.807, 2.05) is 0 Å². The highest BCUT2D eigenvalue weighted by Crippen LogP contribution is 2.39. The first-order chi connectivity index (χ1) is 39.2. The average molecular weight is 1220 g/mol. The lowest BCUT2D eigenvalue weighted by atomic mass is 9.93. The van der Waals surface area contributed by atoms with Crippen molar-refractivity contribution in [2.45, 2.75) is 236 Å². The number of hydrogen-bond donors (Lipinski definition) is 22. The lowest BCUT2D eigenvalue weighted by Gasteiger charge is -2.52. The van der Waals surface area contributed by atoms with E-state index in [2.05, 4.69) is 10.6 Å². The summed E-state index contributed by atoms with van der Waals surface area (Å²) in [6, 6.07) is -3.63. The monoisotopic (exact) mass is 1220 g/mol. The lowest BCUT2D eigenvalue weighted by molar-refractivity contribution is -0.401. The molecular weight excluding hydrogens is 1140 g/mol. The predicted molar refractivity (Wildman–Crippen MR) is 254 cm³/mol. The Labute approximate surface area is 470 Å². The number of carbonyl (C=O) groups excluding carboxylic acids is 2. The molecule has 7 aliphatic rings. The molecule has 22 N–H and O–H groups in total. The van der Waals surface area contributed by atoms with Gasteiger partial charge in [0.2, 0.25) is 11.8 Å².